The van der Waals surface area contributed by atoms with E-state index in [4.69, 9.17) is 10.7 Å². The molecule has 0 spiro atoms. The van der Waals surface area contributed by atoms with Gasteiger partial charge in [0.25, 0.3) is 0 Å². The molecule has 1 heterocycles. The Balaban J connectivity index is 2.16. The topological polar surface area (TPSA) is 64.1 Å². The summed E-state index contributed by atoms with van der Waals surface area (Å²) in [7, 11) is 0. The summed E-state index contributed by atoms with van der Waals surface area (Å²) in [4.78, 5) is 4.70. The maximum atomic E-state index is 9.51. The van der Waals surface area contributed by atoms with E-state index < -0.39 is 0 Å². The van der Waals surface area contributed by atoms with Gasteiger partial charge in [-0.05, 0) is 31.0 Å². The van der Waals surface area contributed by atoms with Crippen molar-refractivity contribution >= 4 is 16.7 Å². The average molecular weight is 245 g/mol. The molecular weight excluding hydrogens is 226 g/mol. The fourth-order valence-corrected chi connectivity index (χ4v) is 2.70. The maximum absolute atomic E-state index is 9.51. The van der Waals surface area contributed by atoms with Crippen LogP contribution in [0.25, 0.3) is 11.0 Å². The Kier molecular flexibility index (Phi) is 2.55. The first-order valence-electron chi connectivity index (χ1n) is 6.51. The number of hydrogen-bond donors (Lipinski definition) is 2. The van der Waals surface area contributed by atoms with E-state index in [9.17, 15) is 5.11 Å². The molecule has 0 aliphatic heterocycles. The van der Waals surface area contributed by atoms with Crippen molar-refractivity contribution < 1.29 is 5.11 Å². The van der Waals surface area contributed by atoms with E-state index in [1.807, 2.05) is 18.2 Å². The van der Waals surface area contributed by atoms with Crippen LogP contribution in [0.1, 0.15) is 44.5 Å². The van der Waals surface area contributed by atoms with Crippen LogP contribution < -0.4 is 5.73 Å². The third-order valence-corrected chi connectivity index (χ3v) is 3.71. The quantitative estimate of drug-likeness (QED) is 0.799. The van der Waals surface area contributed by atoms with Crippen molar-refractivity contribution in [3.05, 3.63) is 24.0 Å². The molecule has 18 heavy (non-hydrogen) atoms. The van der Waals surface area contributed by atoms with Gasteiger partial charge >= 0.3 is 0 Å². The number of nitrogens with two attached hydrogens (primary N) is 1. The second-order valence-electron chi connectivity index (χ2n) is 5.52. The zero-order valence-electron chi connectivity index (χ0n) is 10.8. The molecule has 1 saturated carbocycles. The first kappa shape index (κ1) is 11.5. The minimum absolute atomic E-state index is 0.152. The van der Waals surface area contributed by atoms with Gasteiger partial charge in [-0.3, -0.25) is 0 Å². The molecule has 4 heteroatoms. The monoisotopic (exact) mass is 245 g/mol. The van der Waals surface area contributed by atoms with Crippen LogP contribution in [-0.2, 0) is 0 Å². The summed E-state index contributed by atoms with van der Waals surface area (Å²) in [6.07, 6.45) is 1.51. The van der Waals surface area contributed by atoms with E-state index in [2.05, 4.69) is 18.4 Å². The van der Waals surface area contributed by atoms with E-state index in [1.165, 1.54) is 0 Å². The Morgan fingerprint density at radius 1 is 1.39 bits per heavy atom. The molecule has 0 radical (unpaired) electrons. The Morgan fingerprint density at radius 3 is 2.72 bits per heavy atom. The Labute approximate surface area is 106 Å². The normalized spacial score (nSPS) is 23.6. The predicted molar refractivity (Wildman–Crippen MR) is 72.5 cm³/mol. The molecule has 4 nitrogen and oxygen atoms in total. The van der Waals surface area contributed by atoms with Gasteiger partial charge in [-0.2, -0.15) is 0 Å². The van der Waals surface area contributed by atoms with Gasteiger partial charge < -0.3 is 15.4 Å². The van der Waals surface area contributed by atoms with Crippen LogP contribution in [0.15, 0.2) is 18.2 Å². The molecular formula is C14H19N3O. The molecule has 1 aromatic heterocycles. The summed E-state index contributed by atoms with van der Waals surface area (Å²) in [6.45, 7) is 4.30. The molecule has 0 atom stereocenters. The number of benzene rings is 1. The third-order valence-electron chi connectivity index (χ3n) is 3.71. The summed E-state index contributed by atoms with van der Waals surface area (Å²) in [5, 5.41) is 9.51. The van der Waals surface area contributed by atoms with Crippen LogP contribution in [0, 0.1) is 0 Å². The van der Waals surface area contributed by atoms with E-state index >= 15 is 0 Å². The molecule has 1 aliphatic carbocycles. The van der Waals surface area contributed by atoms with Crippen molar-refractivity contribution in [2.45, 2.75) is 44.8 Å². The lowest BCUT2D eigenvalue weighted by Gasteiger charge is -2.34. The Hall–Kier alpha value is -1.55. The van der Waals surface area contributed by atoms with Gasteiger partial charge in [0.1, 0.15) is 5.82 Å². The number of aromatic nitrogens is 2. The molecule has 1 fully saturated rings. The number of rotatable bonds is 2. The van der Waals surface area contributed by atoms with E-state index in [-0.39, 0.29) is 6.10 Å². The molecule has 1 aliphatic rings. The highest BCUT2D eigenvalue weighted by atomic mass is 16.3. The molecule has 0 bridgehead atoms. The molecule has 3 rings (SSSR count). The average Bonchev–Trinajstić information content (AvgIpc) is 2.63. The number of fused-ring (bicyclic) bond motifs is 1. The number of imidazole rings is 1. The Bertz CT molecular complexity index is 582. The highest BCUT2D eigenvalue weighted by Crippen LogP contribution is 2.37. The lowest BCUT2D eigenvalue weighted by Crippen LogP contribution is -2.31. The largest absolute Gasteiger partial charge is 0.399 e. The number of nitrogen functional groups attached to an aromatic ring is 1. The van der Waals surface area contributed by atoms with Crippen LogP contribution in [0.5, 0.6) is 0 Å². The highest BCUT2D eigenvalue weighted by molar-refractivity contribution is 5.80. The van der Waals surface area contributed by atoms with Crippen molar-refractivity contribution in [3.63, 3.8) is 0 Å². The van der Waals surface area contributed by atoms with Crippen LogP contribution in [0.4, 0.5) is 5.69 Å². The first-order valence-corrected chi connectivity index (χ1v) is 6.51. The minimum atomic E-state index is -0.152. The maximum Gasteiger partial charge on any atom is 0.112 e. The van der Waals surface area contributed by atoms with Crippen molar-refractivity contribution in [2.24, 2.45) is 0 Å². The number of aliphatic hydroxyl groups is 1. The number of aliphatic hydroxyl groups excluding tert-OH is 1. The van der Waals surface area contributed by atoms with Gasteiger partial charge in [-0.15, -0.1) is 0 Å². The Morgan fingerprint density at radius 2 is 2.11 bits per heavy atom. The van der Waals surface area contributed by atoms with Crippen LogP contribution in [0.3, 0.4) is 0 Å². The van der Waals surface area contributed by atoms with Crippen molar-refractivity contribution in [1.82, 2.24) is 9.55 Å². The predicted octanol–water partition coefficient (Wildman–Crippen LogP) is 2.44. The minimum Gasteiger partial charge on any atom is -0.399 e. The highest BCUT2D eigenvalue weighted by Gasteiger charge is 2.32. The fraction of sp³-hybridized carbons (Fsp3) is 0.500. The zero-order chi connectivity index (χ0) is 12.9. The molecule has 0 unspecified atom stereocenters. The lowest BCUT2D eigenvalue weighted by atomic mass is 9.88. The first-order chi connectivity index (χ1) is 8.56. The standard InChI is InChI=1S/C14H19N3O/c1-8(2)14-16-12-5-9(15)3-4-13(12)17(14)10-6-11(18)7-10/h3-5,8,10-11,18H,6-7,15H2,1-2H3. The lowest BCUT2D eigenvalue weighted by molar-refractivity contribution is 0.0487. The van der Waals surface area contributed by atoms with Gasteiger partial charge in [0.2, 0.25) is 0 Å². The van der Waals surface area contributed by atoms with Crippen LogP contribution >= 0.6 is 0 Å². The second-order valence-corrected chi connectivity index (χ2v) is 5.52. The van der Waals surface area contributed by atoms with Crippen molar-refractivity contribution in [3.8, 4) is 0 Å². The summed E-state index contributed by atoms with van der Waals surface area (Å²) in [5.41, 5.74) is 8.65. The van der Waals surface area contributed by atoms with Gasteiger partial charge in [0, 0.05) is 17.6 Å². The van der Waals surface area contributed by atoms with Crippen molar-refractivity contribution in [2.75, 3.05) is 5.73 Å². The van der Waals surface area contributed by atoms with E-state index in [0.29, 0.717) is 12.0 Å². The summed E-state index contributed by atoms with van der Waals surface area (Å²) < 4.78 is 2.28. The van der Waals surface area contributed by atoms with Gasteiger partial charge in [0.05, 0.1) is 17.1 Å². The van der Waals surface area contributed by atoms with E-state index in [1.54, 1.807) is 0 Å². The molecule has 3 N–H and O–H groups in total. The number of hydrogen-bond acceptors (Lipinski definition) is 3. The van der Waals surface area contributed by atoms with E-state index in [0.717, 1.165) is 35.4 Å². The summed E-state index contributed by atoms with van der Waals surface area (Å²) in [6, 6.07) is 6.26. The fourth-order valence-electron chi connectivity index (χ4n) is 2.70. The zero-order valence-corrected chi connectivity index (χ0v) is 10.8. The van der Waals surface area contributed by atoms with Crippen molar-refractivity contribution in [1.29, 1.82) is 0 Å². The summed E-state index contributed by atoms with van der Waals surface area (Å²) >= 11 is 0. The molecule has 0 saturated heterocycles. The third kappa shape index (κ3) is 1.68. The second kappa shape index (κ2) is 3.99. The van der Waals surface area contributed by atoms with Gasteiger partial charge in [0.15, 0.2) is 0 Å². The number of anilines is 1. The summed E-state index contributed by atoms with van der Waals surface area (Å²) in [5.74, 6) is 1.46. The molecule has 1 aromatic carbocycles. The molecule has 96 valence electrons. The SMILES string of the molecule is CC(C)c1nc2cc(N)ccc2n1C1CC(O)C1. The number of nitrogens with zero attached hydrogens (tertiary/aromatic N) is 2. The molecule has 2 aromatic rings. The van der Waals surface area contributed by atoms with Gasteiger partial charge in [-0.25, -0.2) is 4.98 Å². The molecule has 0 amide bonds. The smallest absolute Gasteiger partial charge is 0.112 e. The van der Waals surface area contributed by atoms with Gasteiger partial charge in [-0.1, -0.05) is 13.8 Å². The van der Waals surface area contributed by atoms with Crippen LogP contribution in [-0.4, -0.2) is 20.8 Å². The van der Waals surface area contributed by atoms with Crippen LogP contribution in [0.2, 0.25) is 0 Å².